The molecule has 28 heavy (non-hydrogen) atoms. The molecule has 0 bridgehead atoms. The minimum atomic E-state index is -3.45. The monoisotopic (exact) mass is 403 g/mol. The van der Waals surface area contributed by atoms with Crippen LogP contribution in [0, 0.1) is 13.8 Å². The molecular formula is C20H27N4O3S+. The lowest BCUT2D eigenvalue weighted by Gasteiger charge is -2.16. The molecule has 1 fully saturated rings. The number of nitrogens with one attached hydrogen (secondary N) is 2. The third-order valence-corrected chi connectivity index (χ3v) is 6.90. The van der Waals surface area contributed by atoms with E-state index in [9.17, 15) is 13.2 Å². The lowest BCUT2D eigenvalue weighted by molar-refractivity contribution is -0.366. The van der Waals surface area contributed by atoms with E-state index in [1.54, 1.807) is 24.1 Å². The van der Waals surface area contributed by atoms with Gasteiger partial charge in [-0.25, -0.2) is 13.4 Å². The number of pyridine rings is 1. The average Bonchev–Trinajstić information content (AvgIpc) is 3.20. The van der Waals surface area contributed by atoms with Crippen LogP contribution in [0.2, 0.25) is 0 Å². The van der Waals surface area contributed by atoms with Gasteiger partial charge < -0.3 is 5.32 Å². The van der Waals surface area contributed by atoms with Crippen LogP contribution in [0.25, 0.3) is 0 Å². The highest BCUT2D eigenvalue weighted by molar-refractivity contribution is 7.89. The summed E-state index contributed by atoms with van der Waals surface area (Å²) in [6.07, 6.45) is 3.29. The number of aromatic amines is 1. The Morgan fingerprint density at radius 3 is 2.36 bits per heavy atom. The molecular weight excluding hydrogens is 376 g/mol. The summed E-state index contributed by atoms with van der Waals surface area (Å²) < 4.78 is 26.7. The summed E-state index contributed by atoms with van der Waals surface area (Å²) in [4.78, 5) is 17.4. The van der Waals surface area contributed by atoms with Gasteiger partial charge in [0, 0.05) is 24.8 Å². The summed E-state index contributed by atoms with van der Waals surface area (Å²) in [5.41, 5.74) is 2.86. The Balaban J connectivity index is 1.66. The van der Waals surface area contributed by atoms with Gasteiger partial charge in [-0.3, -0.25) is 9.69 Å². The molecule has 0 unspecified atom stereocenters. The van der Waals surface area contributed by atoms with Crippen LogP contribution >= 0.6 is 0 Å². The third kappa shape index (κ3) is 4.34. The van der Waals surface area contributed by atoms with Crippen LogP contribution in [0.4, 0.5) is 11.5 Å². The number of benzene rings is 1. The van der Waals surface area contributed by atoms with Gasteiger partial charge in [0.1, 0.15) is 11.1 Å². The summed E-state index contributed by atoms with van der Waals surface area (Å²) >= 11 is 0. The molecule has 150 valence electrons. The summed E-state index contributed by atoms with van der Waals surface area (Å²) in [5, 5.41) is 2.95. The molecule has 1 saturated heterocycles. The Hall–Kier alpha value is -2.45. The zero-order chi connectivity index (χ0) is 20.3. The van der Waals surface area contributed by atoms with Crippen molar-refractivity contribution in [2.75, 3.05) is 36.9 Å². The van der Waals surface area contributed by atoms with Crippen molar-refractivity contribution in [2.24, 2.45) is 0 Å². The van der Waals surface area contributed by atoms with E-state index >= 15 is 0 Å². The van der Waals surface area contributed by atoms with Gasteiger partial charge in [-0.1, -0.05) is 18.2 Å². The lowest BCUT2D eigenvalue weighted by Crippen LogP contribution is -2.34. The van der Waals surface area contributed by atoms with Crippen LogP contribution in [0.3, 0.4) is 0 Å². The predicted molar refractivity (Wildman–Crippen MR) is 109 cm³/mol. The van der Waals surface area contributed by atoms with Crippen LogP contribution in [0.15, 0.2) is 41.4 Å². The van der Waals surface area contributed by atoms with Crippen LogP contribution in [-0.2, 0) is 14.8 Å². The van der Waals surface area contributed by atoms with Crippen molar-refractivity contribution >= 4 is 27.4 Å². The van der Waals surface area contributed by atoms with Crippen LogP contribution < -0.4 is 15.2 Å². The second-order valence-corrected chi connectivity index (χ2v) is 9.13. The van der Waals surface area contributed by atoms with Gasteiger partial charge in [-0.05, 0) is 43.9 Å². The SMILES string of the molecule is Cc1cccc(C)c1NC(=O)CN(C)c1ccc(S(=O)(=O)N2CCCC2)c[nH+]1. The third-order valence-electron chi connectivity index (χ3n) is 5.01. The van der Waals surface area contributed by atoms with Crippen LogP contribution in [0.5, 0.6) is 0 Å². The van der Waals surface area contributed by atoms with E-state index in [-0.39, 0.29) is 17.3 Å². The Labute approximate surface area is 166 Å². The van der Waals surface area contributed by atoms with Gasteiger partial charge in [0.25, 0.3) is 11.7 Å². The maximum Gasteiger partial charge on any atom is 0.274 e. The van der Waals surface area contributed by atoms with E-state index in [1.165, 1.54) is 10.5 Å². The fourth-order valence-electron chi connectivity index (χ4n) is 3.37. The first-order valence-electron chi connectivity index (χ1n) is 9.38. The average molecular weight is 404 g/mol. The van der Waals surface area contributed by atoms with Crippen molar-refractivity contribution in [3.05, 3.63) is 47.7 Å². The molecule has 1 aliphatic rings. The summed E-state index contributed by atoms with van der Waals surface area (Å²) in [7, 11) is -1.67. The van der Waals surface area contributed by atoms with E-state index in [1.807, 2.05) is 32.0 Å². The standard InChI is InChI=1S/C20H26N4O3S/c1-15-7-6-8-16(2)20(15)22-19(25)14-23(3)18-10-9-17(13-21-18)28(26,27)24-11-4-5-12-24/h6-10,13H,4-5,11-12,14H2,1-3H3,(H,22,25)/p+1. The highest BCUT2D eigenvalue weighted by Gasteiger charge is 2.28. The second-order valence-electron chi connectivity index (χ2n) is 7.19. The molecule has 3 rings (SSSR count). The summed E-state index contributed by atoms with van der Waals surface area (Å²) in [6, 6.07) is 9.15. The number of aryl methyl sites for hydroxylation is 2. The van der Waals surface area contributed by atoms with Crippen molar-refractivity contribution in [3.8, 4) is 0 Å². The van der Waals surface area contributed by atoms with Crippen molar-refractivity contribution in [1.29, 1.82) is 0 Å². The molecule has 0 spiro atoms. The Morgan fingerprint density at radius 2 is 1.79 bits per heavy atom. The van der Waals surface area contributed by atoms with Gasteiger partial charge in [0.2, 0.25) is 10.0 Å². The first-order valence-corrected chi connectivity index (χ1v) is 10.8. The molecule has 2 N–H and O–H groups in total. The molecule has 7 nitrogen and oxygen atoms in total. The lowest BCUT2D eigenvalue weighted by atomic mass is 10.1. The predicted octanol–water partition coefficient (Wildman–Crippen LogP) is 1.98. The number of hydrogen-bond donors (Lipinski definition) is 1. The van der Waals surface area contributed by atoms with E-state index in [0.29, 0.717) is 18.9 Å². The van der Waals surface area contributed by atoms with Crippen molar-refractivity contribution in [3.63, 3.8) is 0 Å². The first-order chi connectivity index (χ1) is 13.3. The zero-order valence-electron chi connectivity index (χ0n) is 16.5. The highest BCUT2D eigenvalue weighted by atomic mass is 32.2. The largest absolute Gasteiger partial charge is 0.322 e. The Kier molecular flexibility index (Phi) is 6.00. The maximum atomic E-state index is 12.6. The van der Waals surface area contributed by atoms with E-state index in [0.717, 1.165) is 29.7 Å². The normalized spacial score (nSPS) is 14.8. The van der Waals surface area contributed by atoms with Crippen molar-refractivity contribution in [2.45, 2.75) is 31.6 Å². The molecule has 0 saturated carbocycles. The molecule has 1 aromatic heterocycles. The molecule has 8 heteroatoms. The molecule has 1 aromatic carbocycles. The van der Waals surface area contributed by atoms with Gasteiger partial charge in [-0.15, -0.1) is 0 Å². The maximum absolute atomic E-state index is 12.6. The first kappa shape index (κ1) is 20.3. The number of amides is 1. The highest BCUT2D eigenvalue weighted by Crippen LogP contribution is 2.21. The number of sulfonamides is 1. The summed E-state index contributed by atoms with van der Waals surface area (Å²) in [6.45, 7) is 5.20. The topological polar surface area (TPSA) is 83.9 Å². The zero-order valence-corrected chi connectivity index (χ0v) is 17.3. The number of likely N-dealkylation sites (N-methyl/N-ethyl adjacent to an activating group) is 1. The molecule has 0 aliphatic carbocycles. The van der Waals surface area contributed by atoms with Gasteiger partial charge in [0.05, 0.1) is 7.05 Å². The van der Waals surface area contributed by atoms with Gasteiger partial charge in [0.15, 0.2) is 6.54 Å². The summed E-state index contributed by atoms with van der Waals surface area (Å²) in [5.74, 6) is 0.527. The number of rotatable bonds is 6. The number of anilines is 2. The fraction of sp³-hybridized carbons (Fsp3) is 0.400. The number of aromatic nitrogens is 1. The van der Waals surface area contributed by atoms with E-state index in [4.69, 9.17) is 0 Å². The Morgan fingerprint density at radius 1 is 1.14 bits per heavy atom. The minimum absolute atomic E-state index is 0.137. The van der Waals surface area contributed by atoms with Crippen LogP contribution in [-0.4, -0.2) is 45.3 Å². The molecule has 2 aromatic rings. The van der Waals surface area contributed by atoms with Crippen molar-refractivity contribution < 1.29 is 18.2 Å². The molecule has 2 heterocycles. The van der Waals surface area contributed by atoms with Gasteiger partial charge >= 0.3 is 0 Å². The number of para-hydroxylation sites is 1. The number of nitrogens with zero attached hydrogens (tertiary/aromatic N) is 2. The quantitative estimate of drug-likeness (QED) is 0.799. The minimum Gasteiger partial charge on any atom is -0.322 e. The number of carbonyl (C=O) groups is 1. The molecule has 0 radical (unpaired) electrons. The number of carbonyl (C=O) groups excluding carboxylic acids is 1. The molecule has 1 amide bonds. The smallest absolute Gasteiger partial charge is 0.274 e. The number of H-pyrrole nitrogens is 1. The second kappa shape index (κ2) is 8.28. The van der Waals surface area contributed by atoms with E-state index in [2.05, 4.69) is 10.3 Å². The van der Waals surface area contributed by atoms with Gasteiger partial charge in [-0.2, -0.15) is 4.31 Å². The number of hydrogen-bond acceptors (Lipinski definition) is 4. The molecule has 0 atom stereocenters. The fourth-order valence-corrected chi connectivity index (χ4v) is 4.85. The van der Waals surface area contributed by atoms with E-state index < -0.39 is 10.0 Å². The van der Waals surface area contributed by atoms with Crippen LogP contribution in [0.1, 0.15) is 24.0 Å². The van der Waals surface area contributed by atoms with Crippen molar-refractivity contribution in [1.82, 2.24) is 4.31 Å². The Bertz CT molecular complexity index is 932. The molecule has 1 aliphatic heterocycles.